The third-order valence-electron chi connectivity index (χ3n) is 4.67. The second-order valence-corrected chi connectivity index (χ2v) is 6.01. The Bertz CT molecular complexity index is 445. The normalized spacial score (nSPS) is 26.0. The van der Waals surface area contributed by atoms with E-state index in [2.05, 4.69) is 40.5 Å². The molecule has 2 heterocycles. The summed E-state index contributed by atoms with van der Waals surface area (Å²) >= 11 is 0. The topological polar surface area (TPSA) is 32.3 Å². The highest BCUT2D eigenvalue weighted by Crippen LogP contribution is 2.28. The molecule has 4 heteroatoms. The molecule has 2 aliphatic rings. The number of benzene rings is 1. The van der Waals surface area contributed by atoms with Gasteiger partial charge in [-0.25, -0.2) is 0 Å². The van der Waals surface area contributed by atoms with Gasteiger partial charge in [0.2, 0.25) is 5.91 Å². The number of hydrogen-bond donors (Lipinski definition) is 1. The molecular formula is C17H25ClN2O. The molecule has 0 spiro atoms. The van der Waals surface area contributed by atoms with Crippen LogP contribution in [0.1, 0.15) is 43.6 Å². The molecule has 116 valence electrons. The minimum absolute atomic E-state index is 0. The molecule has 2 fully saturated rings. The fourth-order valence-electron chi connectivity index (χ4n) is 3.49. The number of rotatable bonds is 2. The highest BCUT2D eigenvalue weighted by Gasteiger charge is 2.28. The van der Waals surface area contributed by atoms with Crippen LogP contribution in [0.25, 0.3) is 0 Å². The molecule has 0 radical (unpaired) electrons. The van der Waals surface area contributed by atoms with E-state index in [1.807, 2.05) is 0 Å². The fraction of sp³-hybridized carbons (Fsp3) is 0.588. The number of carbonyl (C=O) groups excluding carboxylic acids is 1. The molecule has 1 aromatic rings. The molecule has 0 aromatic heterocycles. The lowest BCUT2D eigenvalue weighted by molar-refractivity contribution is -0.133. The average molecular weight is 309 g/mol. The molecule has 0 bridgehead atoms. The summed E-state index contributed by atoms with van der Waals surface area (Å²) in [4.78, 5) is 14.5. The zero-order valence-corrected chi connectivity index (χ0v) is 13.3. The van der Waals surface area contributed by atoms with Crippen molar-refractivity contribution >= 4 is 18.3 Å². The van der Waals surface area contributed by atoms with Crippen molar-refractivity contribution in [2.45, 2.75) is 44.1 Å². The van der Waals surface area contributed by atoms with Gasteiger partial charge in [-0.2, -0.15) is 0 Å². The Balaban J connectivity index is 0.00000161. The number of hydrogen-bond acceptors (Lipinski definition) is 2. The van der Waals surface area contributed by atoms with Crippen molar-refractivity contribution in [1.29, 1.82) is 0 Å². The lowest BCUT2D eigenvalue weighted by atomic mass is 9.92. The van der Waals surface area contributed by atoms with Crippen LogP contribution in [0.4, 0.5) is 0 Å². The Morgan fingerprint density at radius 1 is 1.05 bits per heavy atom. The maximum atomic E-state index is 12.5. The van der Waals surface area contributed by atoms with E-state index in [4.69, 9.17) is 0 Å². The Hall–Kier alpha value is -1.06. The second-order valence-electron chi connectivity index (χ2n) is 6.01. The van der Waals surface area contributed by atoms with Crippen molar-refractivity contribution in [3.63, 3.8) is 0 Å². The number of carbonyl (C=O) groups is 1. The zero-order valence-electron chi connectivity index (χ0n) is 12.5. The maximum absolute atomic E-state index is 12.5. The fourth-order valence-corrected chi connectivity index (χ4v) is 3.49. The van der Waals surface area contributed by atoms with Crippen molar-refractivity contribution in [2.75, 3.05) is 19.6 Å². The summed E-state index contributed by atoms with van der Waals surface area (Å²) in [6, 6.07) is 10.8. The van der Waals surface area contributed by atoms with Crippen LogP contribution in [0.2, 0.25) is 0 Å². The monoisotopic (exact) mass is 308 g/mol. The van der Waals surface area contributed by atoms with Crippen LogP contribution in [0.3, 0.4) is 0 Å². The molecule has 2 unspecified atom stereocenters. The first-order valence-electron chi connectivity index (χ1n) is 7.92. The van der Waals surface area contributed by atoms with E-state index in [-0.39, 0.29) is 18.4 Å². The van der Waals surface area contributed by atoms with Crippen LogP contribution < -0.4 is 5.32 Å². The van der Waals surface area contributed by atoms with E-state index in [0.29, 0.717) is 11.8 Å². The van der Waals surface area contributed by atoms with E-state index < -0.39 is 0 Å². The van der Waals surface area contributed by atoms with Crippen LogP contribution in [0.5, 0.6) is 0 Å². The second kappa shape index (κ2) is 7.81. The van der Waals surface area contributed by atoms with Crippen molar-refractivity contribution in [3.8, 4) is 0 Å². The van der Waals surface area contributed by atoms with Gasteiger partial charge in [-0.3, -0.25) is 4.79 Å². The number of amides is 1. The summed E-state index contributed by atoms with van der Waals surface area (Å²) < 4.78 is 0. The molecule has 1 N–H and O–H groups in total. The van der Waals surface area contributed by atoms with E-state index in [1.54, 1.807) is 0 Å². The van der Waals surface area contributed by atoms with E-state index >= 15 is 0 Å². The van der Waals surface area contributed by atoms with Gasteiger partial charge in [-0.1, -0.05) is 30.3 Å². The van der Waals surface area contributed by atoms with Gasteiger partial charge in [-0.15, -0.1) is 12.4 Å². The minimum Gasteiger partial charge on any atom is -0.341 e. The van der Waals surface area contributed by atoms with Crippen LogP contribution in [-0.2, 0) is 4.79 Å². The van der Waals surface area contributed by atoms with E-state index in [1.165, 1.54) is 12.0 Å². The maximum Gasteiger partial charge on any atom is 0.239 e. The van der Waals surface area contributed by atoms with Gasteiger partial charge >= 0.3 is 0 Å². The standard InChI is InChI=1S/C17H24N2O.ClH/c20-17(16-9-4-11-18-16)19-12-5-8-15(10-13-19)14-6-2-1-3-7-14;/h1-3,6-7,15-16,18H,4-5,8-13H2;1H. The van der Waals surface area contributed by atoms with Gasteiger partial charge in [0, 0.05) is 13.1 Å². The van der Waals surface area contributed by atoms with E-state index in [0.717, 1.165) is 45.3 Å². The average Bonchev–Trinajstić information content (AvgIpc) is 2.92. The molecule has 2 atom stereocenters. The summed E-state index contributed by atoms with van der Waals surface area (Å²) in [5.74, 6) is 0.946. The van der Waals surface area contributed by atoms with Gasteiger partial charge in [0.15, 0.2) is 0 Å². The number of nitrogens with one attached hydrogen (secondary N) is 1. The van der Waals surface area contributed by atoms with E-state index in [9.17, 15) is 4.79 Å². The first kappa shape index (κ1) is 16.3. The molecule has 21 heavy (non-hydrogen) atoms. The molecule has 3 nitrogen and oxygen atoms in total. The predicted molar refractivity (Wildman–Crippen MR) is 87.9 cm³/mol. The first-order chi connectivity index (χ1) is 9.84. The largest absolute Gasteiger partial charge is 0.341 e. The van der Waals surface area contributed by atoms with Crippen LogP contribution >= 0.6 is 12.4 Å². The SMILES string of the molecule is Cl.O=C(C1CCCN1)N1CCCC(c2ccccc2)CC1. The lowest BCUT2D eigenvalue weighted by Crippen LogP contribution is -2.44. The zero-order chi connectivity index (χ0) is 13.8. The quantitative estimate of drug-likeness (QED) is 0.911. The molecule has 1 aromatic carbocycles. The minimum atomic E-state index is 0. The van der Waals surface area contributed by atoms with Gasteiger partial charge in [0.1, 0.15) is 0 Å². The Kier molecular flexibility index (Phi) is 6.07. The van der Waals surface area contributed by atoms with Gasteiger partial charge in [0.25, 0.3) is 0 Å². The third-order valence-corrected chi connectivity index (χ3v) is 4.67. The van der Waals surface area contributed by atoms with Crippen LogP contribution in [-0.4, -0.2) is 36.5 Å². The summed E-state index contributed by atoms with van der Waals surface area (Å²) in [6.07, 6.45) is 5.57. The smallest absolute Gasteiger partial charge is 0.239 e. The highest BCUT2D eigenvalue weighted by atomic mass is 35.5. The molecule has 2 aliphatic heterocycles. The van der Waals surface area contributed by atoms with Crippen LogP contribution in [0, 0.1) is 0 Å². The Morgan fingerprint density at radius 2 is 1.86 bits per heavy atom. The summed E-state index contributed by atoms with van der Waals surface area (Å²) in [5.41, 5.74) is 1.43. The van der Waals surface area contributed by atoms with Crippen molar-refractivity contribution < 1.29 is 4.79 Å². The van der Waals surface area contributed by atoms with Gasteiger partial charge in [0.05, 0.1) is 6.04 Å². The molecule has 2 saturated heterocycles. The molecule has 0 saturated carbocycles. The molecule has 3 rings (SSSR count). The first-order valence-corrected chi connectivity index (χ1v) is 7.92. The van der Waals surface area contributed by atoms with Crippen molar-refractivity contribution in [2.24, 2.45) is 0 Å². The van der Waals surface area contributed by atoms with Crippen molar-refractivity contribution in [3.05, 3.63) is 35.9 Å². The lowest BCUT2D eigenvalue weighted by Gasteiger charge is -2.24. The molecular weight excluding hydrogens is 284 g/mol. The summed E-state index contributed by atoms with van der Waals surface area (Å²) in [7, 11) is 0. The summed E-state index contributed by atoms with van der Waals surface area (Å²) in [6.45, 7) is 2.84. The van der Waals surface area contributed by atoms with Crippen LogP contribution in [0.15, 0.2) is 30.3 Å². The van der Waals surface area contributed by atoms with Gasteiger partial charge in [-0.05, 0) is 50.1 Å². The van der Waals surface area contributed by atoms with Crippen molar-refractivity contribution in [1.82, 2.24) is 10.2 Å². The highest BCUT2D eigenvalue weighted by molar-refractivity contribution is 5.85. The number of likely N-dealkylation sites (tertiary alicyclic amines) is 1. The van der Waals surface area contributed by atoms with Gasteiger partial charge < -0.3 is 10.2 Å². The number of nitrogens with zero attached hydrogens (tertiary/aromatic N) is 1. The number of halogens is 1. The summed E-state index contributed by atoms with van der Waals surface area (Å²) in [5, 5.41) is 3.33. The predicted octanol–water partition coefficient (Wildman–Crippen LogP) is 2.96. The Labute approximate surface area is 133 Å². The Morgan fingerprint density at radius 3 is 2.57 bits per heavy atom. The molecule has 0 aliphatic carbocycles. The molecule has 1 amide bonds. The third kappa shape index (κ3) is 3.98.